The first-order chi connectivity index (χ1) is 8.48. The van der Waals surface area contributed by atoms with Crippen molar-refractivity contribution in [1.82, 2.24) is 5.32 Å². The molecule has 0 aliphatic heterocycles. The molecule has 0 fully saturated rings. The molecule has 0 atom stereocenters. The normalized spacial score (nSPS) is 10.7. The van der Waals surface area contributed by atoms with E-state index in [1.165, 1.54) is 11.3 Å². The maximum absolute atomic E-state index is 11.8. The Labute approximate surface area is 111 Å². The van der Waals surface area contributed by atoms with E-state index in [0.717, 1.165) is 4.88 Å². The predicted octanol–water partition coefficient (Wildman–Crippen LogP) is 1.25. The summed E-state index contributed by atoms with van der Waals surface area (Å²) in [6.45, 7) is 4.07. The smallest absolute Gasteiger partial charge is 0.261 e. The van der Waals surface area contributed by atoms with Crippen LogP contribution in [0.1, 0.15) is 28.4 Å². The molecule has 98 valence electrons. The molecule has 4 nitrogen and oxygen atoms in total. The van der Waals surface area contributed by atoms with Crippen molar-refractivity contribution in [1.29, 1.82) is 0 Å². The molecule has 1 heterocycles. The van der Waals surface area contributed by atoms with Crippen molar-refractivity contribution in [3.8, 4) is 11.8 Å². The molecule has 0 aliphatic carbocycles. The first-order valence-electron chi connectivity index (χ1n) is 5.51. The summed E-state index contributed by atoms with van der Waals surface area (Å²) in [6.07, 6.45) is 0. The number of thiophene rings is 1. The first kappa shape index (κ1) is 14.7. The van der Waals surface area contributed by atoms with Crippen LogP contribution >= 0.6 is 11.3 Å². The minimum absolute atomic E-state index is 0.137. The van der Waals surface area contributed by atoms with Gasteiger partial charge in [0.2, 0.25) is 0 Å². The molecule has 1 aromatic heterocycles. The van der Waals surface area contributed by atoms with Crippen LogP contribution in [0.5, 0.6) is 0 Å². The minimum atomic E-state index is -0.382. The Morgan fingerprint density at radius 2 is 2.28 bits per heavy atom. The second kappa shape index (κ2) is 6.55. The number of nitrogens with one attached hydrogen (secondary N) is 1. The SMILES string of the molecule is COC(C)(C)CNC(=O)c1ccc(C#CCO)s1. The van der Waals surface area contributed by atoms with Gasteiger partial charge in [0.05, 0.1) is 15.4 Å². The highest BCUT2D eigenvalue weighted by Gasteiger charge is 2.18. The zero-order valence-corrected chi connectivity index (χ0v) is 11.6. The zero-order chi connectivity index (χ0) is 13.6. The fraction of sp³-hybridized carbons (Fsp3) is 0.462. The molecule has 2 N–H and O–H groups in total. The molecule has 0 saturated heterocycles. The van der Waals surface area contributed by atoms with Gasteiger partial charge in [-0.15, -0.1) is 11.3 Å². The molecule has 18 heavy (non-hydrogen) atoms. The van der Waals surface area contributed by atoms with Gasteiger partial charge in [0.25, 0.3) is 5.91 Å². The van der Waals surface area contributed by atoms with Crippen molar-refractivity contribution in [2.45, 2.75) is 19.4 Å². The minimum Gasteiger partial charge on any atom is -0.384 e. The monoisotopic (exact) mass is 267 g/mol. The molecular formula is C13H17NO3S. The van der Waals surface area contributed by atoms with Gasteiger partial charge in [-0.25, -0.2) is 0 Å². The topological polar surface area (TPSA) is 58.6 Å². The lowest BCUT2D eigenvalue weighted by atomic mass is 10.1. The Morgan fingerprint density at radius 1 is 1.56 bits per heavy atom. The Bertz CT molecular complexity index is 468. The van der Waals surface area contributed by atoms with Crippen molar-refractivity contribution in [2.75, 3.05) is 20.3 Å². The third kappa shape index (κ3) is 4.49. The third-order valence-corrected chi connectivity index (χ3v) is 3.35. The Kier molecular flexibility index (Phi) is 5.35. The fourth-order valence-corrected chi connectivity index (χ4v) is 1.90. The molecule has 0 radical (unpaired) electrons. The number of methoxy groups -OCH3 is 1. The second-order valence-corrected chi connectivity index (χ2v) is 5.35. The maximum Gasteiger partial charge on any atom is 0.261 e. The highest BCUT2D eigenvalue weighted by molar-refractivity contribution is 7.14. The molecular weight excluding hydrogens is 250 g/mol. The molecule has 5 heteroatoms. The van der Waals surface area contributed by atoms with E-state index in [4.69, 9.17) is 9.84 Å². The van der Waals surface area contributed by atoms with Crippen LogP contribution in [0.3, 0.4) is 0 Å². The number of carbonyl (C=O) groups excluding carboxylic acids is 1. The summed E-state index contributed by atoms with van der Waals surface area (Å²) >= 11 is 1.30. The quantitative estimate of drug-likeness (QED) is 0.807. The molecule has 1 aromatic rings. The lowest BCUT2D eigenvalue weighted by Crippen LogP contribution is -2.39. The maximum atomic E-state index is 11.8. The number of carbonyl (C=O) groups is 1. The number of hydrogen-bond donors (Lipinski definition) is 2. The second-order valence-electron chi connectivity index (χ2n) is 4.27. The van der Waals surface area contributed by atoms with Gasteiger partial charge >= 0.3 is 0 Å². The van der Waals surface area contributed by atoms with Gasteiger partial charge in [-0.2, -0.15) is 0 Å². The zero-order valence-electron chi connectivity index (χ0n) is 10.7. The van der Waals surface area contributed by atoms with E-state index in [1.807, 2.05) is 13.8 Å². The summed E-state index contributed by atoms with van der Waals surface area (Å²) in [5.41, 5.74) is -0.382. The molecule has 0 bridgehead atoms. The van der Waals surface area contributed by atoms with Gasteiger partial charge < -0.3 is 15.2 Å². The number of aliphatic hydroxyl groups excluding tert-OH is 1. The van der Waals surface area contributed by atoms with Gasteiger partial charge in [0.1, 0.15) is 6.61 Å². The number of rotatable bonds is 4. The van der Waals surface area contributed by atoms with E-state index >= 15 is 0 Å². The average Bonchev–Trinajstić information content (AvgIpc) is 2.82. The van der Waals surface area contributed by atoms with E-state index in [9.17, 15) is 4.79 Å². The molecule has 0 spiro atoms. The van der Waals surface area contributed by atoms with E-state index in [-0.39, 0.29) is 18.1 Å². The van der Waals surface area contributed by atoms with Crippen molar-refractivity contribution < 1.29 is 14.6 Å². The van der Waals surface area contributed by atoms with Crippen molar-refractivity contribution in [3.63, 3.8) is 0 Å². The first-order valence-corrected chi connectivity index (χ1v) is 6.33. The van der Waals surface area contributed by atoms with E-state index in [1.54, 1.807) is 19.2 Å². The highest BCUT2D eigenvalue weighted by atomic mass is 32.1. The van der Waals surface area contributed by atoms with Crippen LogP contribution in [0.15, 0.2) is 12.1 Å². The van der Waals surface area contributed by atoms with Crippen molar-refractivity contribution in [3.05, 3.63) is 21.9 Å². The summed E-state index contributed by atoms with van der Waals surface area (Å²) < 4.78 is 5.22. The fourth-order valence-electron chi connectivity index (χ4n) is 1.11. The third-order valence-electron chi connectivity index (χ3n) is 2.35. The largest absolute Gasteiger partial charge is 0.384 e. The van der Waals surface area contributed by atoms with Crippen molar-refractivity contribution >= 4 is 17.2 Å². The Hall–Kier alpha value is -1.35. The molecule has 0 unspecified atom stereocenters. The van der Waals surface area contributed by atoms with Gasteiger partial charge in [-0.05, 0) is 26.0 Å². The van der Waals surface area contributed by atoms with Gasteiger partial charge in [-0.3, -0.25) is 4.79 Å². The van der Waals surface area contributed by atoms with Crippen molar-refractivity contribution in [2.24, 2.45) is 0 Å². The molecule has 0 saturated carbocycles. The standard InChI is InChI=1S/C13H17NO3S/c1-13(2,17-3)9-14-12(16)11-7-6-10(18-11)5-4-8-15/h6-7,15H,8-9H2,1-3H3,(H,14,16). The van der Waals surface area contributed by atoms with Crippen LogP contribution < -0.4 is 5.32 Å². The molecule has 0 aromatic carbocycles. The molecule has 1 rings (SSSR count). The number of amides is 1. The summed E-state index contributed by atoms with van der Waals surface area (Å²) in [7, 11) is 1.61. The van der Waals surface area contributed by atoms with Crippen LogP contribution in [0.4, 0.5) is 0 Å². The Balaban J connectivity index is 2.60. The van der Waals surface area contributed by atoms with E-state index in [2.05, 4.69) is 17.2 Å². The molecule has 1 amide bonds. The summed E-state index contributed by atoms with van der Waals surface area (Å²) in [4.78, 5) is 13.2. The van der Waals surface area contributed by atoms with Crippen LogP contribution in [0.2, 0.25) is 0 Å². The number of aliphatic hydroxyl groups is 1. The summed E-state index contributed by atoms with van der Waals surface area (Å²) in [5.74, 6) is 5.18. The highest BCUT2D eigenvalue weighted by Crippen LogP contribution is 2.15. The van der Waals surface area contributed by atoms with Crippen LogP contribution in [-0.4, -0.2) is 36.9 Å². The van der Waals surface area contributed by atoms with Crippen LogP contribution in [-0.2, 0) is 4.74 Å². The average molecular weight is 267 g/mol. The van der Waals surface area contributed by atoms with Crippen LogP contribution in [0, 0.1) is 11.8 Å². The van der Waals surface area contributed by atoms with Gasteiger partial charge in [-0.1, -0.05) is 11.8 Å². The number of ether oxygens (including phenoxy) is 1. The molecule has 0 aliphatic rings. The predicted molar refractivity (Wildman–Crippen MR) is 71.7 cm³/mol. The summed E-state index contributed by atoms with van der Waals surface area (Å²) in [5, 5.41) is 11.4. The lowest BCUT2D eigenvalue weighted by molar-refractivity contribution is 0.0229. The lowest BCUT2D eigenvalue weighted by Gasteiger charge is -2.22. The Morgan fingerprint density at radius 3 is 2.89 bits per heavy atom. The van der Waals surface area contributed by atoms with Gasteiger partial charge in [0, 0.05) is 13.7 Å². The van der Waals surface area contributed by atoms with E-state index < -0.39 is 0 Å². The van der Waals surface area contributed by atoms with E-state index in [0.29, 0.717) is 11.4 Å². The number of hydrogen-bond acceptors (Lipinski definition) is 4. The van der Waals surface area contributed by atoms with Crippen LogP contribution in [0.25, 0.3) is 0 Å². The summed E-state index contributed by atoms with van der Waals surface area (Å²) in [6, 6.07) is 3.49. The van der Waals surface area contributed by atoms with Gasteiger partial charge in [0.15, 0.2) is 0 Å².